The first-order valence-electron chi connectivity index (χ1n) is 10.7. The van der Waals surface area contributed by atoms with Crippen molar-refractivity contribution in [2.24, 2.45) is 0 Å². The fourth-order valence-corrected chi connectivity index (χ4v) is 5.73. The van der Waals surface area contributed by atoms with Gasteiger partial charge >= 0.3 is 5.97 Å². The van der Waals surface area contributed by atoms with Crippen LogP contribution in [0.5, 0.6) is 0 Å². The first kappa shape index (κ1) is 24.9. The van der Waals surface area contributed by atoms with E-state index < -0.39 is 34.4 Å². The quantitative estimate of drug-likeness (QED) is 0.414. The summed E-state index contributed by atoms with van der Waals surface area (Å²) in [7, 11) is -3.18. The van der Waals surface area contributed by atoms with E-state index in [9.17, 15) is 22.8 Å². The Kier molecular flexibility index (Phi) is 7.92. The van der Waals surface area contributed by atoms with Gasteiger partial charge in [0.25, 0.3) is 5.91 Å². The topological polar surface area (TPSA) is 97.8 Å². The Hall–Kier alpha value is -2.71. The van der Waals surface area contributed by atoms with Gasteiger partial charge in [-0.15, -0.1) is 0 Å². The van der Waals surface area contributed by atoms with Crippen molar-refractivity contribution in [2.45, 2.75) is 38.8 Å². The summed E-state index contributed by atoms with van der Waals surface area (Å²) in [5, 5.41) is 0.485. The van der Waals surface area contributed by atoms with Crippen LogP contribution in [0.15, 0.2) is 48.5 Å². The molecule has 1 aliphatic heterocycles. The number of halogens is 1. The molecule has 7 nitrogen and oxygen atoms in total. The van der Waals surface area contributed by atoms with Gasteiger partial charge in [-0.2, -0.15) is 0 Å². The molecule has 0 saturated carbocycles. The molecule has 176 valence electrons. The fraction of sp³-hybridized carbons (Fsp3) is 0.375. The van der Waals surface area contributed by atoms with Gasteiger partial charge in [0.05, 0.1) is 17.1 Å². The molecular formula is C24H26ClNO6S. The Morgan fingerprint density at radius 1 is 1.09 bits per heavy atom. The SMILES string of the molecule is CCC(C)N(C(=O)COC(=O)c1ccccc1C(=O)c1ccc(Cl)cc1)C1CCS(=O)(=O)C1. The van der Waals surface area contributed by atoms with Crippen LogP contribution in [0.25, 0.3) is 0 Å². The standard InChI is InChI=1S/C24H26ClNO6S/c1-3-16(2)26(19-12-13-33(30,31)15-19)22(27)14-32-24(29)21-7-5-4-6-20(21)23(28)17-8-10-18(25)11-9-17/h4-11,16,19H,3,12-15H2,1-2H3. The lowest BCUT2D eigenvalue weighted by atomic mass is 9.98. The van der Waals surface area contributed by atoms with Gasteiger partial charge < -0.3 is 9.64 Å². The van der Waals surface area contributed by atoms with Crippen molar-refractivity contribution in [3.05, 3.63) is 70.2 Å². The number of carbonyl (C=O) groups excluding carboxylic acids is 3. The van der Waals surface area contributed by atoms with E-state index in [1.165, 1.54) is 17.0 Å². The van der Waals surface area contributed by atoms with Crippen molar-refractivity contribution in [3.63, 3.8) is 0 Å². The highest BCUT2D eigenvalue weighted by molar-refractivity contribution is 7.91. The molecule has 0 radical (unpaired) electrons. The normalized spacial score (nSPS) is 17.8. The van der Waals surface area contributed by atoms with Crippen molar-refractivity contribution in [2.75, 3.05) is 18.1 Å². The molecule has 1 fully saturated rings. The zero-order valence-electron chi connectivity index (χ0n) is 18.5. The summed E-state index contributed by atoms with van der Waals surface area (Å²) in [5.74, 6) is -1.68. The molecule has 2 aromatic rings. The van der Waals surface area contributed by atoms with Crippen LogP contribution in [0.3, 0.4) is 0 Å². The predicted octanol–water partition coefficient (Wildman–Crippen LogP) is 3.54. The molecule has 0 aliphatic carbocycles. The van der Waals surface area contributed by atoms with Gasteiger partial charge in [0, 0.05) is 28.2 Å². The summed E-state index contributed by atoms with van der Waals surface area (Å²) >= 11 is 5.88. The summed E-state index contributed by atoms with van der Waals surface area (Å²) in [4.78, 5) is 40.1. The molecule has 2 atom stereocenters. The highest BCUT2D eigenvalue weighted by Gasteiger charge is 2.37. The molecule has 2 unspecified atom stereocenters. The average Bonchev–Trinajstić information content (AvgIpc) is 3.16. The van der Waals surface area contributed by atoms with Crippen molar-refractivity contribution < 1.29 is 27.5 Å². The van der Waals surface area contributed by atoms with Crippen LogP contribution in [0.1, 0.15) is 53.0 Å². The monoisotopic (exact) mass is 491 g/mol. The molecule has 1 amide bonds. The largest absolute Gasteiger partial charge is 0.452 e. The lowest BCUT2D eigenvalue weighted by molar-refractivity contribution is -0.138. The van der Waals surface area contributed by atoms with Gasteiger partial charge in [-0.05, 0) is 50.1 Å². The van der Waals surface area contributed by atoms with E-state index in [-0.39, 0.29) is 34.5 Å². The highest BCUT2D eigenvalue weighted by Crippen LogP contribution is 2.22. The van der Waals surface area contributed by atoms with E-state index in [4.69, 9.17) is 16.3 Å². The van der Waals surface area contributed by atoms with E-state index >= 15 is 0 Å². The second-order valence-corrected chi connectivity index (χ2v) is 10.7. The highest BCUT2D eigenvalue weighted by atomic mass is 35.5. The van der Waals surface area contributed by atoms with Crippen molar-refractivity contribution in [3.8, 4) is 0 Å². The third-order valence-electron chi connectivity index (χ3n) is 5.78. The fourth-order valence-electron chi connectivity index (χ4n) is 3.90. The number of hydrogen-bond donors (Lipinski definition) is 0. The first-order valence-corrected chi connectivity index (χ1v) is 12.9. The van der Waals surface area contributed by atoms with Gasteiger partial charge in [-0.3, -0.25) is 9.59 Å². The molecule has 3 rings (SSSR count). The Morgan fingerprint density at radius 3 is 2.30 bits per heavy atom. The molecule has 0 spiro atoms. The maximum atomic E-state index is 12.9. The van der Waals surface area contributed by atoms with Gasteiger partial charge in [0.2, 0.25) is 0 Å². The minimum absolute atomic E-state index is 0.0395. The molecule has 0 bridgehead atoms. The van der Waals surface area contributed by atoms with Crippen molar-refractivity contribution >= 4 is 39.1 Å². The number of benzene rings is 2. The third-order valence-corrected chi connectivity index (χ3v) is 7.78. The second kappa shape index (κ2) is 10.5. The number of amides is 1. The minimum Gasteiger partial charge on any atom is -0.452 e. The number of hydrogen-bond acceptors (Lipinski definition) is 6. The number of carbonyl (C=O) groups is 3. The molecule has 2 aromatic carbocycles. The van der Waals surface area contributed by atoms with Gasteiger partial charge in [0.15, 0.2) is 22.2 Å². The maximum absolute atomic E-state index is 12.9. The molecule has 0 aromatic heterocycles. The van der Waals surface area contributed by atoms with Crippen LogP contribution in [0.4, 0.5) is 0 Å². The lowest BCUT2D eigenvalue weighted by Gasteiger charge is -2.33. The first-order chi connectivity index (χ1) is 15.6. The zero-order valence-corrected chi connectivity index (χ0v) is 20.1. The van der Waals surface area contributed by atoms with Crippen LogP contribution in [-0.2, 0) is 19.4 Å². The molecule has 1 heterocycles. The Bertz CT molecular complexity index is 1150. The van der Waals surface area contributed by atoms with E-state index in [1.54, 1.807) is 36.4 Å². The second-order valence-electron chi connectivity index (χ2n) is 8.07. The summed E-state index contributed by atoms with van der Waals surface area (Å²) in [6, 6.07) is 11.9. The molecule has 9 heteroatoms. The molecule has 0 N–H and O–H groups in total. The summed E-state index contributed by atoms with van der Waals surface area (Å²) in [5.41, 5.74) is 0.558. The van der Waals surface area contributed by atoms with Crippen LogP contribution >= 0.6 is 11.6 Å². The van der Waals surface area contributed by atoms with E-state index in [0.717, 1.165) is 0 Å². The number of sulfone groups is 1. The van der Waals surface area contributed by atoms with Crippen LogP contribution in [0, 0.1) is 0 Å². The number of ether oxygens (including phenoxy) is 1. The van der Waals surface area contributed by atoms with E-state index in [1.807, 2.05) is 13.8 Å². The van der Waals surface area contributed by atoms with Gasteiger partial charge in [-0.1, -0.05) is 36.7 Å². The van der Waals surface area contributed by atoms with E-state index in [2.05, 4.69) is 0 Å². The summed E-state index contributed by atoms with van der Waals surface area (Å²) in [6.07, 6.45) is 0.999. The van der Waals surface area contributed by atoms with Gasteiger partial charge in [0.1, 0.15) is 0 Å². The number of esters is 1. The Labute approximate surface area is 198 Å². The predicted molar refractivity (Wildman–Crippen MR) is 125 cm³/mol. The maximum Gasteiger partial charge on any atom is 0.339 e. The van der Waals surface area contributed by atoms with E-state index in [0.29, 0.717) is 23.4 Å². The summed E-state index contributed by atoms with van der Waals surface area (Å²) < 4.78 is 29.1. The zero-order chi connectivity index (χ0) is 24.2. The molecule has 1 aliphatic rings. The minimum atomic E-state index is -3.18. The van der Waals surface area contributed by atoms with Crippen molar-refractivity contribution in [1.82, 2.24) is 4.90 Å². The molecular weight excluding hydrogens is 466 g/mol. The summed E-state index contributed by atoms with van der Waals surface area (Å²) in [6.45, 7) is 3.20. The smallest absolute Gasteiger partial charge is 0.339 e. The molecule has 33 heavy (non-hydrogen) atoms. The molecule has 1 saturated heterocycles. The third kappa shape index (κ3) is 6.00. The van der Waals surface area contributed by atoms with Crippen LogP contribution < -0.4 is 0 Å². The number of ketones is 1. The van der Waals surface area contributed by atoms with Crippen molar-refractivity contribution in [1.29, 1.82) is 0 Å². The van der Waals surface area contributed by atoms with Crippen LogP contribution in [-0.4, -0.2) is 61.2 Å². The average molecular weight is 492 g/mol. The van der Waals surface area contributed by atoms with Gasteiger partial charge in [-0.25, -0.2) is 13.2 Å². The number of nitrogens with zero attached hydrogens (tertiary/aromatic N) is 1. The Balaban J connectivity index is 1.74. The number of rotatable bonds is 8. The van der Waals surface area contributed by atoms with Crippen LogP contribution in [0.2, 0.25) is 5.02 Å². The Morgan fingerprint density at radius 2 is 1.73 bits per heavy atom. The lowest BCUT2D eigenvalue weighted by Crippen LogP contribution is -2.48.